The second-order valence-electron chi connectivity index (χ2n) is 4.37. The quantitative estimate of drug-likeness (QED) is 0.661. The van der Waals surface area contributed by atoms with Gasteiger partial charge in [-0.05, 0) is 39.5 Å². The molecule has 1 fully saturated rings. The molecule has 0 unspecified atom stereocenters. The molecule has 0 aromatic heterocycles. The lowest BCUT2D eigenvalue weighted by Crippen LogP contribution is -2.38. The van der Waals surface area contributed by atoms with Gasteiger partial charge in [0, 0.05) is 6.61 Å². The molecule has 0 spiro atoms. The Morgan fingerprint density at radius 2 is 1.91 bits per heavy atom. The first-order valence-electron chi connectivity index (χ1n) is 4.30. The van der Waals surface area contributed by atoms with Gasteiger partial charge in [0.15, 0.2) is 0 Å². The maximum Gasteiger partial charge on any atom is 0.0602 e. The highest BCUT2D eigenvalue weighted by atomic mass is 16.5. The van der Waals surface area contributed by atoms with Crippen molar-refractivity contribution in [3.05, 3.63) is 0 Å². The molecule has 1 N–H and O–H groups in total. The fourth-order valence-corrected chi connectivity index (χ4v) is 1.42. The van der Waals surface area contributed by atoms with Gasteiger partial charge in [-0.25, -0.2) is 0 Å². The second kappa shape index (κ2) is 3.11. The third kappa shape index (κ3) is 2.80. The van der Waals surface area contributed by atoms with Gasteiger partial charge in [-0.3, -0.25) is 0 Å². The van der Waals surface area contributed by atoms with Crippen LogP contribution >= 0.6 is 0 Å². The molecule has 1 rings (SSSR count). The molecule has 2 heteroatoms. The predicted octanol–water partition coefficient (Wildman–Crippen LogP) is 1.57. The number of ether oxygens (including phenoxy) is 1. The van der Waals surface area contributed by atoms with Gasteiger partial charge in [-0.2, -0.15) is 0 Å². The molecular weight excluding hydrogens is 140 g/mol. The van der Waals surface area contributed by atoms with Gasteiger partial charge in [0.25, 0.3) is 0 Å². The van der Waals surface area contributed by atoms with Crippen molar-refractivity contribution in [1.29, 1.82) is 0 Å². The summed E-state index contributed by atoms with van der Waals surface area (Å²) in [4.78, 5) is 0. The average molecular weight is 158 g/mol. The van der Waals surface area contributed by atoms with E-state index in [0.717, 1.165) is 12.8 Å². The van der Waals surface area contributed by atoms with Crippen LogP contribution < -0.4 is 0 Å². The van der Waals surface area contributed by atoms with Crippen molar-refractivity contribution in [3.8, 4) is 0 Å². The van der Waals surface area contributed by atoms with E-state index in [9.17, 15) is 0 Å². The van der Waals surface area contributed by atoms with Gasteiger partial charge in [0.2, 0.25) is 0 Å². The molecule has 0 aliphatic heterocycles. The summed E-state index contributed by atoms with van der Waals surface area (Å²) in [5, 5.41) is 8.75. The highest BCUT2D eigenvalue weighted by Gasteiger charge is 2.31. The van der Waals surface area contributed by atoms with Crippen molar-refractivity contribution in [1.82, 2.24) is 0 Å². The molecule has 0 aromatic rings. The van der Waals surface area contributed by atoms with Crippen molar-refractivity contribution in [2.75, 3.05) is 6.61 Å². The summed E-state index contributed by atoms with van der Waals surface area (Å²) in [7, 11) is 0. The number of aliphatic hydroxyl groups excluding tert-OH is 1. The van der Waals surface area contributed by atoms with Crippen molar-refractivity contribution >= 4 is 0 Å². The molecule has 0 radical (unpaired) electrons. The Hall–Kier alpha value is -0.0800. The second-order valence-corrected chi connectivity index (χ2v) is 4.37. The Kier molecular flexibility index (Phi) is 2.55. The van der Waals surface area contributed by atoms with E-state index < -0.39 is 0 Å². The van der Waals surface area contributed by atoms with Crippen LogP contribution in [0.3, 0.4) is 0 Å². The van der Waals surface area contributed by atoms with Gasteiger partial charge in [0.1, 0.15) is 0 Å². The Morgan fingerprint density at radius 3 is 2.27 bits per heavy atom. The first-order valence-corrected chi connectivity index (χ1v) is 4.30. The predicted molar refractivity (Wildman–Crippen MR) is 44.4 cm³/mol. The number of aliphatic hydroxyl groups is 1. The van der Waals surface area contributed by atoms with Gasteiger partial charge in [0.05, 0.1) is 11.7 Å². The normalized spacial score (nSPS) is 31.6. The van der Waals surface area contributed by atoms with Crippen molar-refractivity contribution in [3.63, 3.8) is 0 Å². The van der Waals surface area contributed by atoms with E-state index in [1.165, 1.54) is 0 Å². The third-order valence-corrected chi connectivity index (χ3v) is 1.97. The van der Waals surface area contributed by atoms with Crippen LogP contribution in [0, 0.1) is 5.92 Å². The van der Waals surface area contributed by atoms with E-state index in [-0.39, 0.29) is 5.60 Å². The lowest BCUT2D eigenvalue weighted by atomic mass is 9.82. The van der Waals surface area contributed by atoms with Crippen LogP contribution in [0.1, 0.15) is 33.6 Å². The third-order valence-electron chi connectivity index (χ3n) is 1.97. The molecule has 1 aliphatic carbocycles. The van der Waals surface area contributed by atoms with E-state index in [2.05, 4.69) is 20.8 Å². The highest BCUT2D eigenvalue weighted by Crippen LogP contribution is 2.32. The summed E-state index contributed by atoms with van der Waals surface area (Å²) in [6.45, 7) is 6.53. The smallest absolute Gasteiger partial charge is 0.0602 e. The number of hydrogen-bond acceptors (Lipinski definition) is 2. The average Bonchev–Trinajstić information content (AvgIpc) is 1.75. The van der Waals surface area contributed by atoms with Crippen LogP contribution in [-0.4, -0.2) is 23.4 Å². The Bertz CT molecular complexity index is 120. The minimum Gasteiger partial charge on any atom is -0.396 e. The van der Waals surface area contributed by atoms with Crippen LogP contribution in [0.2, 0.25) is 0 Å². The van der Waals surface area contributed by atoms with Gasteiger partial charge < -0.3 is 9.84 Å². The fraction of sp³-hybridized carbons (Fsp3) is 1.00. The molecule has 11 heavy (non-hydrogen) atoms. The molecule has 0 atom stereocenters. The monoisotopic (exact) mass is 158 g/mol. The molecule has 1 aliphatic rings. The Balaban J connectivity index is 2.14. The molecular formula is C9H18O2. The van der Waals surface area contributed by atoms with Crippen LogP contribution in [0.5, 0.6) is 0 Å². The zero-order valence-electron chi connectivity index (χ0n) is 7.63. The first kappa shape index (κ1) is 9.01. The van der Waals surface area contributed by atoms with E-state index >= 15 is 0 Å². The largest absolute Gasteiger partial charge is 0.396 e. The van der Waals surface area contributed by atoms with E-state index in [0.29, 0.717) is 18.6 Å². The maximum atomic E-state index is 8.75. The Labute approximate surface area is 68.6 Å². The van der Waals surface area contributed by atoms with Crippen LogP contribution in [0.25, 0.3) is 0 Å². The molecule has 0 amide bonds. The molecule has 0 bridgehead atoms. The van der Waals surface area contributed by atoms with Crippen molar-refractivity contribution < 1.29 is 9.84 Å². The zero-order chi connectivity index (χ0) is 8.48. The highest BCUT2D eigenvalue weighted by molar-refractivity contribution is 4.81. The van der Waals surface area contributed by atoms with Gasteiger partial charge >= 0.3 is 0 Å². The van der Waals surface area contributed by atoms with Crippen LogP contribution in [-0.2, 0) is 4.74 Å². The topological polar surface area (TPSA) is 29.5 Å². The van der Waals surface area contributed by atoms with Gasteiger partial charge in [-0.15, -0.1) is 0 Å². The lowest BCUT2D eigenvalue weighted by Gasteiger charge is -2.38. The standard InChI is InChI=1S/C9H18O2/c1-9(2,3)11-8-4-7(5-8)6-10/h7-8,10H,4-6H2,1-3H3. The van der Waals surface area contributed by atoms with Crippen LogP contribution in [0.15, 0.2) is 0 Å². The van der Waals surface area contributed by atoms with Crippen molar-refractivity contribution in [2.45, 2.75) is 45.3 Å². The molecule has 66 valence electrons. The minimum absolute atomic E-state index is 0.0227. The van der Waals surface area contributed by atoms with Crippen molar-refractivity contribution in [2.24, 2.45) is 5.92 Å². The van der Waals surface area contributed by atoms with E-state index in [4.69, 9.17) is 9.84 Å². The molecule has 0 heterocycles. The zero-order valence-corrected chi connectivity index (χ0v) is 7.63. The summed E-state index contributed by atoms with van der Waals surface area (Å²) in [6.07, 6.45) is 2.47. The Morgan fingerprint density at radius 1 is 1.36 bits per heavy atom. The minimum atomic E-state index is -0.0227. The molecule has 2 nitrogen and oxygen atoms in total. The van der Waals surface area contributed by atoms with Crippen LogP contribution in [0.4, 0.5) is 0 Å². The summed E-state index contributed by atoms with van der Waals surface area (Å²) in [5.41, 5.74) is -0.0227. The molecule has 1 saturated carbocycles. The summed E-state index contributed by atoms with van der Waals surface area (Å²) in [5.74, 6) is 0.502. The van der Waals surface area contributed by atoms with E-state index in [1.54, 1.807) is 0 Å². The maximum absolute atomic E-state index is 8.75. The summed E-state index contributed by atoms with van der Waals surface area (Å²) >= 11 is 0. The lowest BCUT2D eigenvalue weighted by molar-refractivity contribution is -0.118. The van der Waals surface area contributed by atoms with Gasteiger partial charge in [-0.1, -0.05) is 0 Å². The molecule has 0 aromatic carbocycles. The SMILES string of the molecule is CC(C)(C)OC1CC(CO)C1. The molecule has 0 saturated heterocycles. The first-order chi connectivity index (χ1) is 5.01. The number of hydrogen-bond donors (Lipinski definition) is 1. The number of rotatable bonds is 2. The fourth-order valence-electron chi connectivity index (χ4n) is 1.42. The summed E-state index contributed by atoms with van der Waals surface area (Å²) in [6, 6.07) is 0. The van der Waals surface area contributed by atoms with E-state index in [1.807, 2.05) is 0 Å². The summed E-state index contributed by atoms with van der Waals surface area (Å²) < 4.78 is 5.69.